The van der Waals surface area contributed by atoms with Gasteiger partial charge in [-0.3, -0.25) is 9.10 Å². The van der Waals surface area contributed by atoms with Crippen LogP contribution in [-0.2, 0) is 14.8 Å². The lowest BCUT2D eigenvalue weighted by atomic mass is 10.1. The van der Waals surface area contributed by atoms with Crippen molar-refractivity contribution in [1.82, 2.24) is 5.32 Å². The van der Waals surface area contributed by atoms with Gasteiger partial charge in [0.05, 0.1) is 24.6 Å². The standard InChI is InChI=1S/C19H23BrN2O4S/c1-4-26-18-10-8-15(9-11-18)14(2)21-19(23)13-22(27(3,24)25)17-7-5-6-16(20)12-17/h5-12,14H,4,13H2,1-3H3,(H,21,23)/t14-/m1/s1. The van der Waals surface area contributed by atoms with E-state index in [1.54, 1.807) is 24.3 Å². The number of benzene rings is 2. The number of anilines is 1. The third kappa shape index (κ3) is 6.25. The lowest BCUT2D eigenvalue weighted by Crippen LogP contribution is -2.41. The SMILES string of the molecule is CCOc1ccc([C@@H](C)NC(=O)CN(c2cccc(Br)c2)S(C)(=O)=O)cc1. The number of rotatable bonds is 8. The first-order valence-corrected chi connectivity index (χ1v) is 11.1. The molecule has 0 aliphatic carbocycles. The van der Waals surface area contributed by atoms with Crippen LogP contribution < -0.4 is 14.4 Å². The Labute approximate surface area is 168 Å². The molecule has 0 spiro atoms. The second-order valence-corrected chi connectivity index (χ2v) is 8.86. The summed E-state index contributed by atoms with van der Waals surface area (Å²) in [6, 6.07) is 14.0. The molecule has 0 bridgehead atoms. The van der Waals surface area contributed by atoms with E-state index in [0.717, 1.165) is 26.3 Å². The van der Waals surface area contributed by atoms with Gasteiger partial charge in [0.25, 0.3) is 0 Å². The summed E-state index contributed by atoms with van der Waals surface area (Å²) >= 11 is 3.32. The van der Waals surface area contributed by atoms with Crippen LogP contribution in [0.1, 0.15) is 25.5 Å². The summed E-state index contributed by atoms with van der Waals surface area (Å²) in [5, 5.41) is 2.84. The van der Waals surface area contributed by atoms with Crippen molar-refractivity contribution in [2.24, 2.45) is 0 Å². The van der Waals surface area contributed by atoms with Crippen molar-refractivity contribution >= 4 is 37.5 Å². The lowest BCUT2D eigenvalue weighted by Gasteiger charge is -2.23. The number of sulfonamides is 1. The molecule has 1 amide bonds. The molecule has 1 atom stereocenters. The maximum Gasteiger partial charge on any atom is 0.241 e. The average molecular weight is 455 g/mol. The average Bonchev–Trinajstić information content (AvgIpc) is 2.59. The Kier molecular flexibility index (Phi) is 7.26. The van der Waals surface area contributed by atoms with E-state index in [1.165, 1.54) is 0 Å². The van der Waals surface area contributed by atoms with E-state index in [4.69, 9.17) is 4.74 Å². The van der Waals surface area contributed by atoms with Gasteiger partial charge in [0, 0.05) is 4.47 Å². The second kappa shape index (κ2) is 9.23. The summed E-state index contributed by atoms with van der Waals surface area (Å²) in [6.07, 6.45) is 1.08. The Morgan fingerprint density at radius 3 is 2.44 bits per heavy atom. The van der Waals surface area contributed by atoms with Crippen LogP contribution >= 0.6 is 15.9 Å². The van der Waals surface area contributed by atoms with Gasteiger partial charge >= 0.3 is 0 Å². The van der Waals surface area contributed by atoms with Gasteiger partial charge in [-0.25, -0.2) is 8.42 Å². The van der Waals surface area contributed by atoms with Gasteiger partial charge in [-0.1, -0.05) is 34.1 Å². The molecule has 0 unspecified atom stereocenters. The monoisotopic (exact) mass is 454 g/mol. The third-order valence-corrected chi connectivity index (χ3v) is 5.49. The molecule has 0 fully saturated rings. The van der Waals surface area contributed by atoms with Crippen molar-refractivity contribution in [3.05, 3.63) is 58.6 Å². The first kappa shape index (κ1) is 21.2. The molecule has 27 heavy (non-hydrogen) atoms. The number of ether oxygens (including phenoxy) is 1. The molecule has 0 saturated carbocycles. The Morgan fingerprint density at radius 1 is 1.22 bits per heavy atom. The van der Waals surface area contributed by atoms with Crippen molar-refractivity contribution < 1.29 is 17.9 Å². The molecule has 146 valence electrons. The number of nitrogens with one attached hydrogen (secondary N) is 1. The van der Waals surface area contributed by atoms with Gasteiger partial charge in [0.15, 0.2) is 0 Å². The summed E-state index contributed by atoms with van der Waals surface area (Å²) < 4.78 is 31.5. The Hall–Kier alpha value is -2.06. The van der Waals surface area contributed by atoms with Gasteiger partial charge in [-0.05, 0) is 49.7 Å². The topological polar surface area (TPSA) is 75.7 Å². The van der Waals surface area contributed by atoms with Gasteiger partial charge in [0.2, 0.25) is 15.9 Å². The van der Waals surface area contributed by atoms with E-state index in [-0.39, 0.29) is 18.5 Å². The first-order chi connectivity index (χ1) is 12.7. The van der Waals surface area contributed by atoms with Gasteiger partial charge in [-0.2, -0.15) is 0 Å². The van der Waals surface area contributed by atoms with Crippen molar-refractivity contribution in [3.8, 4) is 5.75 Å². The van der Waals surface area contributed by atoms with Crippen molar-refractivity contribution in [1.29, 1.82) is 0 Å². The molecular weight excluding hydrogens is 432 g/mol. The first-order valence-electron chi connectivity index (χ1n) is 8.46. The van der Waals surface area contributed by atoms with Gasteiger partial charge in [-0.15, -0.1) is 0 Å². The zero-order valence-electron chi connectivity index (χ0n) is 15.5. The fourth-order valence-corrected chi connectivity index (χ4v) is 3.79. The quantitative estimate of drug-likeness (QED) is 0.661. The zero-order chi connectivity index (χ0) is 20.0. The molecule has 0 heterocycles. The number of hydrogen-bond donors (Lipinski definition) is 1. The summed E-state index contributed by atoms with van der Waals surface area (Å²) in [5.74, 6) is 0.375. The number of amides is 1. The van der Waals surface area contributed by atoms with E-state index < -0.39 is 10.0 Å². The van der Waals surface area contributed by atoms with E-state index in [9.17, 15) is 13.2 Å². The van der Waals surface area contributed by atoms with E-state index >= 15 is 0 Å². The molecule has 8 heteroatoms. The molecule has 0 aromatic heterocycles. The summed E-state index contributed by atoms with van der Waals surface area (Å²) in [4.78, 5) is 12.5. The number of carbonyl (C=O) groups is 1. The maximum atomic E-state index is 12.5. The molecule has 6 nitrogen and oxygen atoms in total. The third-order valence-electron chi connectivity index (χ3n) is 3.85. The Bertz CT molecular complexity index is 885. The molecule has 2 aromatic rings. The number of hydrogen-bond acceptors (Lipinski definition) is 4. The molecule has 2 rings (SSSR count). The van der Waals surface area contributed by atoms with Crippen LogP contribution in [0.2, 0.25) is 0 Å². The predicted molar refractivity (Wildman–Crippen MR) is 111 cm³/mol. The zero-order valence-corrected chi connectivity index (χ0v) is 17.9. The van der Waals surface area contributed by atoms with E-state index in [1.807, 2.05) is 38.1 Å². The van der Waals surface area contributed by atoms with Crippen LogP contribution in [0.25, 0.3) is 0 Å². The predicted octanol–water partition coefficient (Wildman–Crippen LogP) is 3.49. The second-order valence-electron chi connectivity index (χ2n) is 6.04. The molecular formula is C19H23BrN2O4S. The maximum absolute atomic E-state index is 12.5. The molecule has 0 radical (unpaired) electrons. The smallest absolute Gasteiger partial charge is 0.241 e. The van der Waals surface area contributed by atoms with Crippen LogP contribution in [0, 0.1) is 0 Å². The molecule has 0 saturated heterocycles. The highest BCUT2D eigenvalue weighted by molar-refractivity contribution is 9.10. The van der Waals surface area contributed by atoms with Crippen molar-refractivity contribution in [3.63, 3.8) is 0 Å². The van der Waals surface area contributed by atoms with Crippen LogP contribution in [0.4, 0.5) is 5.69 Å². The molecule has 1 N–H and O–H groups in total. The van der Waals surface area contributed by atoms with Crippen molar-refractivity contribution in [2.75, 3.05) is 23.7 Å². The largest absolute Gasteiger partial charge is 0.494 e. The van der Waals surface area contributed by atoms with Crippen LogP contribution in [0.3, 0.4) is 0 Å². The van der Waals surface area contributed by atoms with Crippen molar-refractivity contribution in [2.45, 2.75) is 19.9 Å². The highest BCUT2D eigenvalue weighted by Crippen LogP contribution is 2.22. The van der Waals surface area contributed by atoms with Crippen LogP contribution in [0.15, 0.2) is 53.0 Å². The van der Waals surface area contributed by atoms with Gasteiger partial charge < -0.3 is 10.1 Å². The fourth-order valence-electron chi connectivity index (χ4n) is 2.55. The molecule has 2 aromatic carbocycles. The molecule has 0 aliphatic rings. The minimum Gasteiger partial charge on any atom is -0.494 e. The van der Waals surface area contributed by atoms with Gasteiger partial charge in [0.1, 0.15) is 12.3 Å². The van der Waals surface area contributed by atoms with E-state index in [2.05, 4.69) is 21.2 Å². The number of halogens is 1. The number of carbonyl (C=O) groups excluding carboxylic acids is 1. The van der Waals surface area contributed by atoms with E-state index in [0.29, 0.717) is 12.3 Å². The minimum atomic E-state index is -3.61. The fraction of sp³-hybridized carbons (Fsp3) is 0.316. The highest BCUT2D eigenvalue weighted by atomic mass is 79.9. The summed E-state index contributed by atoms with van der Waals surface area (Å²) in [6.45, 7) is 4.05. The number of nitrogens with zero attached hydrogens (tertiary/aromatic N) is 1. The van der Waals surface area contributed by atoms with Crippen LogP contribution in [0.5, 0.6) is 5.75 Å². The minimum absolute atomic E-state index is 0.267. The highest BCUT2D eigenvalue weighted by Gasteiger charge is 2.22. The Morgan fingerprint density at radius 2 is 1.89 bits per heavy atom. The summed E-state index contributed by atoms with van der Waals surface area (Å²) in [5.41, 5.74) is 1.33. The summed E-state index contributed by atoms with van der Waals surface area (Å²) in [7, 11) is -3.61. The lowest BCUT2D eigenvalue weighted by molar-refractivity contribution is -0.120. The van der Waals surface area contributed by atoms with Crippen LogP contribution in [-0.4, -0.2) is 33.7 Å². The normalized spacial score (nSPS) is 12.3. The molecule has 0 aliphatic heterocycles. The Balaban J connectivity index is 2.09.